The van der Waals surface area contributed by atoms with Crippen molar-refractivity contribution >= 4 is 18.3 Å². The van der Waals surface area contributed by atoms with E-state index in [1.54, 1.807) is 0 Å². The summed E-state index contributed by atoms with van der Waals surface area (Å²) in [4.78, 5) is 11.9. The van der Waals surface area contributed by atoms with Gasteiger partial charge in [-0.05, 0) is 32.2 Å². The van der Waals surface area contributed by atoms with Gasteiger partial charge in [-0.2, -0.15) is 0 Å². The van der Waals surface area contributed by atoms with Gasteiger partial charge in [0, 0.05) is 12.6 Å². The highest BCUT2D eigenvalue weighted by Crippen LogP contribution is 2.26. The maximum atomic E-state index is 11.9. The van der Waals surface area contributed by atoms with Crippen LogP contribution in [0.3, 0.4) is 0 Å². The zero-order valence-corrected chi connectivity index (χ0v) is 10.7. The molecule has 0 radical (unpaired) electrons. The predicted molar refractivity (Wildman–Crippen MR) is 67.9 cm³/mol. The molecule has 1 aliphatic heterocycles. The fourth-order valence-electron chi connectivity index (χ4n) is 2.75. The topological polar surface area (TPSA) is 41.1 Å². The second kappa shape index (κ2) is 7.13. The van der Waals surface area contributed by atoms with Gasteiger partial charge in [0.1, 0.15) is 0 Å². The lowest BCUT2D eigenvalue weighted by Gasteiger charge is -2.19. The summed E-state index contributed by atoms with van der Waals surface area (Å²) < 4.78 is 0. The summed E-state index contributed by atoms with van der Waals surface area (Å²) in [5.74, 6) is 0.523. The highest BCUT2D eigenvalue weighted by molar-refractivity contribution is 5.85. The lowest BCUT2D eigenvalue weighted by Crippen LogP contribution is -2.41. The van der Waals surface area contributed by atoms with Crippen LogP contribution < -0.4 is 10.6 Å². The molecule has 2 atom stereocenters. The largest absolute Gasteiger partial charge is 0.356 e. The van der Waals surface area contributed by atoms with Crippen molar-refractivity contribution in [2.45, 2.75) is 51.0 Å². The van der Waals surface area contributed by atoms with E-state index < -0.39 is 0 Å². The number of hydrogen-bond acceptors (Lipinski definition) is 2. The zero-order valence-electron chi connectivity index (χ0n) is 9.84. The highest BCUT2D eigenvalue weighted by Gasteiger charge is 2.32. The molecule has 1 aliphatic carbocycles. The van der Waals surface area contributed by atoms with Crippen molar-refractivity contribution in [3.05, 3.63) is 0 Å². The van der Waals surface area contributed by atoms with Crippen LogP contribution in [0.25, 0.3) is 0 Å². The van der Waals surface area contributed by atoms with Gasteiger partial charge in [-0.1, -0.05) is 19.3 Å². The van der Waals surface area contributed by atoms with Crippen LogP contribution in [0.1, 0.15) is 44.9 Å². The molecule has 94 valence electrons. The third kappa shape index (κ3) is 3.63. The van der Waals surface area contributed by atoms with Crippen LogP contribution in [0.2, 0.25) is 0 Å². The highest BCUT2D eigenvalue weighted by atomic mass is 35.5. The lowest BCUT2D eigenvalue weighted by molar-refractivity contribution is -0.125. The van der Waals surface area contributed by atoms with E-state index in [1.165, 1.54) is 32.1 Å². The number of hydrogen-bond donors (Lipinski definition) is 2. The minimum absolute atomic E-state index is 0. The first-order chi connectivity index (χ1) is 7.38. The van der Waals surface area contributed by atoms with Crippen LogP contribution >= 0.6 is 12.4 Å². The Labute approximate surface area is 104 Å². The lowest BCUT2D eigenvalue weighted by atomic mass is 10.0. The van der Waals surface area contributed by atoms with Crippen LogP contribution in [0, 0.1) is 5.92 Å². The van der Waals surface area contributed by atoms with Gasteiger partial charge < -0.3 is 10.6 Å². The molecule has 2 fully saturated rings. The molecule has 2 rings (SSSR count). The average molecular weight is 247 g/mol. The average Bonchev–Trinajstić information content (AvgIpc) is 2.68. The van der Waals surface area contributed by atoms with E-state index in [4.69, 9.17) is 0 Å². The van der Waals surface area contributed by atoms with Gasteiger partial charge in [-0.15, -0.1) is 12.4 Å². The number of amides is 1. The molecule has 0 unspecified atom stereocenters. The molecule has 1 heterocycles. The summed E-state index contributed by atoms with van der Waals surface area (Å²) in [5.41, 5.74) is 0. The molecule has 16 heavy (non-hydrogen) atoms. The Morgan fingerprint density at radius 2 is 1.69 bits per heavy atom. The third-order valence-electron chi connectivity index (χ3n) is 3.66. The van der Waals surface area contributed by atoms with E-state index in [9.17, 15) is 4.79 Å². The van der Waals surface area contributed by atoms with Gasteiger partial charge >= 0.3 is 0 Å². The SMILES string of the molecule is Cl.O=C1NCCCCCCN[C@H]2CCC[C@@H]12. The zero-order chi connectivity index (χ0) is 10.5. The Bertz CT molecular complexity index is 223. The first-order valence-corrected chi connectivity index (χ1v) is 6.39. The Hall–Kier alpha value is -0.280. The molecule has 0 bridgehead atoms. The van der Waals surface area contributed by atoms with Gasteiger partial charge in [0.2, 0.25) is 5.91 Å². The maximum Gasteiger partial charge on any atom is 0.224 e. The summed E-state index contributed by atoms with van der Waals surface area (Å²) in [6, 6.07) is 0.447. The Morgan fingerprint density at radius 3 is 2.50 bits per heavy atom. The first kappa shape index (κ1) is 13.8. The molecular weight excluding hydrogens is 224 g/mol. The number of rotatable bonds is 0. The van der Waals surface area contributed by atoms with E-state index in [-0.39, 0.29) is 24.2 Å². The molecule has 2 aliphatic rings. The number of nitrogens with one attached hydrogen (secondary N) is 2. The Morgan fingerprint density at radius 1 is 0.938 bits per heavy atom. The first-order valence-electron chi connectivity index (χ1n) is 6.39. The Kier molecular flexibility index (Phi) is 6.14. The quantitative estimate of drug-likeness (QED) is 0.685. The molecule has 2 N–H and O–H groups in total. The van der Waals surface area contributed by atoms with Gasteiger partial charge in [-0.25, -0.2) is 0 Å². The fourth-order valence-corrected chi connectivity index (χ4v) is 2.75. The molecule has 0 spiro atoms. The maximum absolute atomic E-state index is 11.9. The van der Waals surface area contributed by atoms with Crippen LogP contribution in [-0.4, -0.2) is 25.0 Å². The third-order valence-corrected chi connectivity index (χ3v) is 3.66. The van der Waals surface area contributed by atoms with Crippen LogP contribution in [0.15, 0.2) is 0 Å². The summed E-state index contributed by atoms with van der Waals surface area (Å²) in [6.45, 7) is 1.97. The standard InChI is InChI=1S/C12H22N2O.ClH/c15-12-10-6-5-7-11(10)13-8-3-1-2-4-9-14-12;/h10-11,13H,1-9H2,(H,14,15);1H/t10-,11+;/m1./s1. The monoisotopic (exact) mass is 246 g/mol. The summed E-state index contributed by atoms with van der Waals surface area (Å²) in [7, 11) is 0. The molecule has 1 saturated carbocycles. The second-order valence-electron chi connectivity index (χ2n) is 4.80. The van der Waals surface area contributed by atoms with E-state index in [0.717, 1.165) is 25.9 Å². The summed E-state index contributed by atoms with van der Waals surface area (Å²) >= 11 is 0. The molecule has 1 saturated heterocycles. The second-order valence-corrected chi connectivity index (χ2v) is 4.80. The van der Waals surface area contributed by atoms with Crippen molar-refractivity contribution in [1.29, 1.82) is 0 Å². The van der Waals surface area contributed by atoms with E-state index in [1.807, 2.05) is 0 Å². The van der Waals surface area contributed by atoms with Crippen molar-refractivity contribution in [3.63, 3.8) is 0 Å². The molecular formula is C12H23ClN2O. The van der Waals surface area contributed by atoms with E-state index in [2.05, 4.69) is 10.6 Å². The van der Waals surface area contributed by atoms with Crippen LogP contribution in [-0.2, 0) is 4.79 Å². The number of fused-ring (bicyclic) bond motifs is 1. The molecule has 0 aromatic heterocycles. The minimum atomic E-state index is 0. The molecule has 0 aromatic rings. The summed E-state index contributed by atoms with van der Waals surface area (Å²) in [5, 5.41) is 6.62. The van der Waals surface area contributed by atoms with Gasteiger partial charge in [-0.3, -0.25) is 4.79 Å². The summed E-state index contributed by atoms with van der Waals surface area (Å²) in [6.07, 6.45) is 8.40. The van der Waals surface area contributed by atoms with Crippen LogP contribution in [0.5, 0.6) is 0 Å². The fraction of sp³-hybridized carbons (Fsp3) is 0.917. The molecule has 4 heteroatoms. The van der Waals surface area contributed by atoms with Crippen LogP contribution in [0.4, 0.5) is 0 Å². The van der Waals surface area contributed by atoms with Crippen molar-refractivity contribution in [2.75, 3.05) is 13.1 Å². The normalized spacial score (nSPS) is 31.9. The molecule has 3 nitrogen and oxygen atoms in total. The van der Waals surface area contributed by atoms with Gasteiger partial charge in [0.15, 0.2) is 0 Å². The van der Waals surface area contributed by atoms with Crippen molar-refractivity contribution in [2.24, 2.45) is 5.92 Å². The molecule has 1 amide bonds. The van der Waals surface area contributed by atoms with E-state index in [0.29, 0.717) is 6.04 Å². The number of carbonyl (C=O) groups is 1. The van der Waals surface area contributed by atoms with E-state index >= 15 is 0 Å². The minimum Gasteiger partial charge on any atom is -0.356 e. The van der Waals surface area contributed by atoms with Crippen molar-refractivity contribution in [3.8, 4) is 0 Å². The number of carbonyl (C=O) groups excluding carboxylic acids is 1. The van der Waals surface area contributed by atoms with Crippen molar-refractivity contribution < 1.29 is 4.79 Å². The molecule has 0 aromatic carbocycles. The van der Waals surface area contributed by atoms with Gasteiger partial charge in [0.05, 0.1) is 5.92 Å². The predicted octanol–water partition coefficient (Wildman–Crippen LogP) is 1.86. The smallest absolute Gasteiger partial charge is 0.224 e. The van der Waals surface area contributed by atoms with Gasteiger partial charge in [0.25, 0.3) is 0 Å². The Balaban J connectivity index is 0.00000128. The van der Waals surface area contributed by atoms with Crippen molar-refractivity contribution in [1.82, 2.24) is 10.6 Å². The number of halogens is 1.